The molecule has 0 spiro atoms. The summed E-state index contributed by atoms with van der Waals surface area (Å²) in [5, 5.41) is 3.50. The van der Waals surface area contributed by atoms with Crippen LogP contribution in [0.25, 0.3) is 0 Å². The second-order valence-corrected chi connectivity index (χ2v) is 4.67. The predicted octanol–water partition coefficient (Wildman–Crippen LogP) is 2.11. The number of hydrogen-bond donors (Lipinski definition) is 1. The topological polar surface area (TPSA) is 15.3 Å². The van der Waals surface area contributed by atoms with E-state index in [1.165, 1.54) is 58.4 Å². The van der Waals surface area contributed by atoms with Gasteiger partial charge in [0.25, 0.3) is 0 Å². The van der Waals surface area contributed by atoms with E-state index >= 15 is 0 Å². The maximum atomic E-state index is 3.50. The molecule has 1 aliphatic heterocycles. The Balaban J connectivity index is 2.18. The molecule has 1 fully saturated rings. The second-order valence-electron chi connectivity index (χ2n) is 4.67. The van der Waals surface area contributed by atoms with Crippen molar-refractivity contribution in [1.82, 2.24) is 10.2 Å². The minimum Gasteiger partial charge on any atom is -0.316 e. The molecule has 2 nitrogen and oxygen atoms in total. The van der Waals surface area contributed by atoms with Crippen molar-refractivity contribution in [2.24, 2.45) is 5.92 Å². The van der Waals surface area contributed by atoms with Crippen LogP contribution >= 0.6 is 0 Å². The van der Waals surface area contributed by atoms with Crippen LogP contribution in [0.3, 0.4) is 0 Å². The summed E-state index contributed by atoms with van der Waals surface area (Å²) in [5.41, 5.74) is 0. The van der Waals surface area contributed by atoms with Gasteiger partial charge in [0.15, 0.2) is 0 Å². The second kappa shape index (κ2) is 7.24. The Hall–Kier alpha value is -0.0800. The van der Waals surface area contributed by atoms with Gasteiger partial charge in [0.2, 0.25) is 0 Å². The predicted molar refractivity (Wildman–Crippen MR) is 62.6 cm³/mol. The third-order valence-electron chi connectivity index (χ3n) is 2.97. The van der Waals surface area contributed by atoms with Gasteiger partial charge in [-0.05, 0) is 44.9 Å². The molecule has 0 saturated carbocycles. The van der Waals surface area contributed by atoms with Crippen LogP contribution in [0.2, 0.25) is 0 Å². The lowest BCUT2D eigenvalue weighted by molar-refractivity contribution is 0.213. The van der Waals surface area contributed by atoms with Gasteiger partial charge in [-0.3, -0.25) is 0 Å². The first-order chi connectivity index (χ1) is 6.83. The molecule has 0 aromatic carbocycles. The van der Waals surface area contributed by atoms with Crippen LogP contribution in [0.1, 0.15) is 39.5 Å². The quantitative estimate of drug-likeness (QED) is 0.696. The number of rotatable bonds is 4. The van der Waals surface area contributed by atoms with Crippen LogP contribution < -0.4 is 5.32 Å². The van der Waals surface area contributed by atoms with Crippen molar-refractivity contribution in [3.8, 4) is 0 Å². The Kier molecular flexibility index (Phi) is 6.20. The molecule has 0 bridgehead atoms. The molecule has 84 valence electrons. The fourth-order valence-electron chi connectivity index (χ4n) is 2.16. The van der Waals surface area contributed by atoms with Crippen molar-refractivity contribution in [2.45, 2.75) is 39.5 Å². The number of hydrogen-bond acceptors (Lipinski definition) is 2. The van der Waals surface area contributed by atoms with Crippen molar-refractivity contribution < 1.29 is 0 Å². The van der Waals surface area contributed by atoms with Crippen molar-refractivity contribution in [1.29, 1.82) is 0 Å². The summed E-state index contributed by atoms with van der Waals surface area (Å²) >= 11 is 0. The van der Waals surface area contributed by atoms with Gasteiger partial charge in [0, 0.05) is 6.54 Å². The number of nitrogens with one attached hydrogen (secondary N) is 1. The monoisotopic (exact) mass is 198 g/mol. The van der Waals surface area contributed by atoms with E-state index in [4.69, 9.17) is 0 Å². The first-order valence-corrected chi connectivity index (χ1v) is 6.26. The fourth-order valence-corrected chi connectivity index (χ4v) is 2.16. The van der Waals surface area contributed by atoms with Crippen LogP contribution in [-0.4, -0.2) is 37.6 Å². The Morgan fingerprint density at radius 1 is 1.36 bits per heavy atom. The highest BCUT2D eigenvalue weighted by Gasteiger charge is 2.11. The molecule has 0 radical (unpaired) electrons. The zero-order valence-electron chi connectivity index (χ0n) is 9.89. The van der Waals surface area contributed by atoms with E-state index in [-0.39, 0.29) is 0 Å². The van der Waals surface area contributed by atoms with E-state index in [2.05, 4.69) is 24.1 Å². The Labute approximate surface area is 89.1 Å². The van der Waals surface area contributed by atoms with Gasteiger partial charge < -0.3 is 10.2 Å². The molecule has 14 heavy (non-hydrogen) atoms. The molecule has 1 rings (SSSR count). The summed E-state index contributed by atoms with van der Waals surface area (Å²) in [6, 6.07) is 0. The maximum Gasteiger partial charge on any atom is 0.00191 e. The molecule has 1 aliphatic rings. The van der Waals surface area contributed by atoms with Crippen LogP contribution in [0.15, 0.2) is 0 Å². The average molecular weight is 198 g/mol. The van der Waals surface area contributed by atoms with E-state index in [1.54, 1.807) is 0 Å². The molecular weight excluding hydrogens is 172 g/mol. The molecule has 1 heterocycles. The Morgan fingerprint density at radius 3 is 3.00 bits per heavy atom. The van der Waals surface area contributed by atoms with E-state index < -0.39 is 0 Å². The minimum absolute atomic E-state index is 0.817. The summed E-state index contributed by atoms with van der Waals surface area (Å²) in [7, 11) is 0. The normalized spacial score (nSPS) is 25.7. The summed E-state index contributed by atoms with van der Waals surface area (Å²) in [4.78, 5) is 2.65. The number of nitrogens with zero attached hydrogens (tertiary/aromatic N) is 1. The highest BCUT2D eigenvalue weighted by molar-refractivity contribution is 4.69. The van der Waals surface area contributed by atoms with Gasteiger partial charge in [-0.1, -0.05) is 26.7 Å². The molecule has 1 unspecified atom stereocenters. The SMILES string of the molecule is CCCCCN1CCCNCC(C)C1. The van der Waals surface area contributed by atoms with Crippen LogP contribution in [0.4, 0.5) is 0 Å². The molecule has 1 N–H and O–H groups in total. The smallest absolute Gasteiger partial charge is 0.00191 e. The highest BCUT2D eigenvalue weighted by atomic mass is 15.1. The molecule has 0 aromatic rings. The van der Waals surface area contributed by atoms with Gasteiger partial charge in [0.1, 0.15) is 0 Å². The highest BCUT2D eigenvalue weighted by Crippen LogP contribution is 2.05. The van der Waals surface area contributed by atoms with Crippen LogP contribution in [-0.2, 0) is 0 Å². The zero-order chi connectivity index (χ0) is 10.2. The van der Waals surface area contributed by atoms with Crippen LogP contribution in [0.5, 0.6) is 0 Å². The van der Waals surface area contributed by atoms with Gasteiger partial charge >= 0.3 is 0 Å². The largest absolute Gasteiger partial charge is 0.316 e. The van der Waals surface area contributed by atoms with Gasteiger partial charge in [0.05, 0.1) is 0 Å². The number of unbranched alkanes of at least 4 members (excludes halogenated alkanes) is 2. The average Bonchev–Trinajstić information content (AvgIpc) is 2.13. The summed E-state index contributed by atoms with van der Waals surface area (Å²) < 4.78 is 0. The molecule has 0 aliphatic carbocycles. The molecular formula is C12H26N2. The van der Waals surface area contributed by atoms with Crippen molar-refractivity contribution in [2.75, 3.05) is 32.7 Å². The van der Waals surface area contributed by atoms with E-state index in [1.807, 2.05) is 0 Å². The molecule has 1 saturated heterocycles. The van der Waals surface area contributed by atoms with Crippen molar-refractivity contribution in [3.63, 3.8) is 0 Å². The van der Waals surface area contributed by atoms with Crippen molar-refractivity contribution >= 4 is 0 Å². The summed E-state index contributed by atoms with van der Waals surface area (Å²) in [6.45, 7) is 10.9. The molecule has 1 atom stereocenters. The summed E-state index contributed by atoms with van der Waals surface area (Å²) in [5.74, 6) is 0.817. The van der Waals surface area contributed by atoms with Crippen molar-refractivity contribution in [3.05, 3.63) is 0 Å². The third kappa shape index (κ3) is 4.97. The van der Waals surface area contributed by atoms with Gasteiger partial charge in [-0.25, -0.2) is 0 Å². The maximum absolute atomic E-state index is 3.50. The van der Waals surface area contributed by atoms with Gasteiger partial charge in [-0.2, -0.15) is 0 Å². The van der Waals surface area contributed by atoms with Crippen LogP contribution in [0, 0.1) is 5.92 Å². The standard InChI is InChI=1S/C12H26N2/c1-3-4-5-8-14-9-6-7-13-10-12(2)11-14/h12-13H,3-11H2,1-2H3. The molecule has 0 amide bonds. The fraction of sp³-hybridized carbons (Fsp3) is 1.00. The lowest BCUT2D eigenvalue weighted by atomic mass is 10.1. The van der Waals surface area contributed by atoms with E-state index in [0.717, 1.165) is 5.92 Å². The molecule has 2 heteroatoms. The van der Waals surface area contributed by atoms with E-state index in [9.17, 15) is 0 Å². The first-order valence-electron chi connectivity index (χ1n) is 6.26. The minimum atomic E-state index is 0.817. The Bertz CT molecular complexity index is 136. The van der Waals surface area contributed by atoms with Gasteiger partial charge in [-0.15, -0.1) is 0 Å². The summed E-state index contributed by atoms with van der Waals surface area (Å²) in [6.07, 6.45) is 5.43. The van der Waals surface area contributed by atoms with E-state index in [0.29, 0.717) is 0 Å². The molecule has 0 aromatic heterocycles. The lowest BCUT2D eigenvalue weighted by Crippen LogP contribution is -2.39. The lowest BCUT2D eigenvalue weighted by Gasteiger charge is -2.28. The first kappa shape index (κ1) is 12.0. The Morgan fingerprint density at radius 2 is 2.21 bits per heavy atom. The third-order valence-corrected chi connectivity index (χ3v) is 2.97. The zero-order valence-corrected chi connectivity index (χ0v) is 9.89.